The predicted molar refractivity (Wildman–Crippen MR) is 354 cm³/mol. The molecule has 14 rings (SSSR count). The first-order valence-electron chi connectivity index (χ1n) is 31.3. The van der Waals surface area contributed by atoms with Crippen molar-refractivity contribution in [1.82, 2.24) is 0 Å². The van der Waals surface area contributed by atoms with Crippen molar-refractivity contribution in [2.75, 3.05) is 79.3 Å². The largest absolute Gasteiger partial charge is 2.00 e. The fourth-order valence-corrected chi connectivity index (χ4v) is 8.68. The molecule has 6 aliphatic rings. The van der Waals surface area contributed by atoms with Crippen molar-refractivity contribution in [1.29, 1.82) is 0 Å². The number of hydrogen-bond donors (Lipinski definition) is 0. The van der Waals surface area contributed by atoms with Gasteiger partial charge in [0.05, 0.1) is 46.0 Å². The van der Waals surface area contributed by atoms with Crippen LogP contribution in [0.3, 0.4) is 0 Å². The van der Waals surface area contributed by atoms with Crippen molar-refractivity contribution in [2.45, 2.75) is 77.0 Å². The summed E-state index contributed by atoms with van der Waals surface area (Å²) in [5.74, 6) is 4.52. The Balaban J connectivity index is 0.000000191. The summed E-state index contributed by atoms with van der Waals surface area (Å²) in [5, 5.41) is 0. The maximum absolute atomic E-state index is 6.21. The second kappa shape index (κ2) is 45.8. The summed E-state index contributed by atoms with van der Waals surface area (Å²) >= 11 is 0. The van der Waals surface area contributed by atoms with Crippen LogP contribution in [0.15, 0.2) is 243 Å². The summed E-state index contributed by atoms with van der Waals surface area (Å²) < 4.78 is 79.3. The van der Waals surface area contributed by atoms with Crippen molar-refractivity contribution >= 4 is 62.8 Å². The van der Waals surface area contributed by atoms with Gasteiger partial charge in [0.2, 0.25) is 0 Å². The van der Waals surface area contributed by atoms with Gasteiger partial charge in [0.15, 0.2) is 0 Å². The Morgan fingerprint density at radius 2 is 0.270 bits per heavy atom. The molecule has 468 valence electrons. The topological polar surface area (TPSA) is 129 Å². The molecule has 0 bridgehead atoms. The van der Waals surface area contributed by atoms with Crippen molar-refractivity contribution in [3.8, 4) is 46.0 Å². The Labute approximate surface area is 568 Å². The van der Waals surface area contributed by atoms with Crippen molar-refractivity contribution < 1.29 is 65.7 Å². The second-order valence-electron chi connectivity index (χ2n) is 20.5. The van der Waals surface area contributed by atoms with Crippen molar-refractivity contribution in [2.24, 2.45) is 0 Å². The third kappa shape index (κ3) is 31.8. The molecule has 0 spiro atoms. The summed E-state index contributed by atoms with van der Waals surface area (Å²) in [5.41, 5.74) is 0. The van der Waals surface area contributed by atoms with Gasteiger partial charge in [-0.25, -0.2) is 0 Å². The van der Waals surface area contributed by atoms with Crippen LogP contribution in [0.2, 0.25) is 0 Å². The maximum atomic E-state index is 6.21. The van der Waals surface area contributed by atoms with Gasteiger partial charge in [-0.1, -0.05) is 146 Å². The number of hydrogen-bond acceptors (Lipinski definition) is 14. The number of para-hydroxylation sites is 8. The van der Waals surface area contributed by atoms with E-state index in [1.807, 2.05) is 243 Å². The summed E-state index contributed by atoms with van der Waals surface area (Å²) in [4.78, 5) is 0. The average molecular weight is 1340 g/mol. The molecule has 0 radical (unpaired) electrons. The van der Waals surface area contributed by atoms with Crippen LogP contribution >= 0.6 is 0 Å². The van der Waals surface area contributed by atoms with Crippen LogP contribution in [0.1, 0.15) is 77.0 Å². The van der Waals surface area contributed by atoms with Gasteiger partial charge in [-0.2, -0.15) is 0 Å². The third-order valence-electron chi connectivity index (χ3n) is 13.2. The minimum absolute atomic E-state index is 0. The SMILES string of the molecule is C1CCOC1.C1CCOC1.C1CCOC1.C1CCOC1.C1CCOC1.C1CCOC1.[Ba+2].c1ccc(O[B-](Oc2ccccc2)(Oc2ccccc2)Oc2ccccc2)cc1.c1ccc(O[B-](Oc2ccccc2)(Oc2ccccc2)Oc2ccccc2)cc1. The number of benzene rings is 8. The van der Waals surface area contributed by atoms with E-state index in [-0.39, 0.29) is 48.9 Å². The van der Waals surface area contributed by atoms with E-state index >= 15 is 0 Å². The van der Waals surface area contributed by atoms with E-state index < -0.39 is 13.9 Å². The molecule has 0 aromatic heterocycles. The van der Waals surface area contributed by atoms with Crippen LogP contribution in [-0.2, 0) is 28.4 Å². The third-order valence-corrected chi connectivity index (χ3v) is 13.2. The Hall–Kier alpha value is -6.38. The van der Waals surface area contributed by atoms with E-state index in [4.69, 9.17) is 65.7 Å². The fourth-order valence-electron chi connectivity index (χ4n) is 8.68. The summed E-state index contributed by atoms with van der Waals surface area (Å²) in [6.45, 7) is 6.55. The Kier molecular flexibility index (Phi) is 36.9. The molecule has 8 aromatic rings. The van der Waals surface area contributed by atoms with Gasteiger partial charge in [-0.05, 0) is 174 Å². The zero-order valence-electron chi connectivity index (χ0n) is 51.6. The van der Waals surface area contributed by atoms with E-state index in [0.29, 0.717) is 46.0 Å². The Bertz CT molecular complexity index is 2240. The molecule has 14 nitrogen and oxygen atoms in total. The smallest absolute Gasteiger partial charge is 0.611 e. The first-order valence-corrected chi connectivity index (χ1v) is 31.3. The predicted octanol–water partition coefficient (Wildman–Crippen LogP) is 15.9. The minimum Gasteiger partial charge on any atom is -0.611 e. The van der Waals surface area contributed by atoms with Gasteiger partial charge in [0, 0.05) is 79.3 Å². The molecular formula is C72H88B2BaO14. The molecule has 8 aromatic carbocycles. The first kappa shape index (κ1) is 71.7. The molecule has 0 N–H and O–H groups in total. The Morgan fingerprint density at radius 1 is 0.169 bits per heavy atom. The molecule has 0 amide bonds. The zero-order chi connectivity index (χ0) is 60.8. The van der Waals surface area contributed by atoms with Crippen LogP contribution in [-0.4, -0.2) is 142 Å². The summed E-state index contributed by atoms with van der Waals surface area (Å²) in [6, 6.07) is 74.6. The number of rotatable bonds is 16. The van der Waals surface area contributed by atoms with Gasteiger partial charge < -0.3 is 65.7 Å². The normalized spacial score (nSPS) is 15.1. The number of ether oxygens (including phenoxy) is 6. The van der Waals surface area contributed by atoms with E-state index in [2.05, 4.69) is 0 Å². The average Bonchev–Trinajstić information content (AvgIpc) is 3.43. The minimum atomic E-state index is -2.73. The van der Waals surface area contributed by atoms with E-state index in [1.54, 1.807) is 0 Å². The molecule has 0 unspecified atom stereocenters. The molecule has 6 saturated heterocycles. The monoisotopic (exact) mass is 1340 g/mol. The second-order valence-corrected chi connectivity index (χ2v) is 20.5. The van der Waals surface area contributed by atoms with Gasteiger partial charge >= 0.3 is 62.8 Å². The van der Waals surface area contributed by atoms with Crippen LogP contribution in [0.5, 0.6) is 46.0 Å². The van der Waals surface area contributed by atoms with Crippen LogP contribution in [0.25, 0.3) is 0 Å². The molecule has 0 saturated carbocycles. The molecule has 89 heavy (non-hydrogen) atoms. The molecule has 6 fully saturated rings. The van der Waals surface area contributed by atoms with E-state index in [9.17, 15) is 0 Å². The molecule has 0 atom stereocenters. The van der Waals surface area contributed by atoms with Crippen molar-refractivity contribution in [3.63, 3.8) is 0 Å². The fraction of sp³-hybridized carbons (Fsp3) is 0.333. The van der Waals surface area contributed by atoms with E-state index in [1.165, 1.54) is 77.0 Å². The Morgan fingerprint density at radius 3 is 0.348 bits per heavy atom. The van der Waals surface area contributed by atoms with Crippen LogP contribution in [0, 0.1) is 0 Å². The molecular weight excluding hydrogens is 1250 g/mol. The zero-order valence-corrected chi connectivity index (χ0v) is 56.1. The van der Waals surface area contributed by atoms with Gasteiger partial charge in [0.25, 0.3) is 0 Å². The maximum Gasteiger partial charge on any atom is 2.00 e. The first-order chi connectivity index (χ1) is 43.6. The molecule has 6 aliphatic heterocycles. The quantitative estimate of drug-likeness (QED) is 0.0851. The summed E-state index contributed by atoms with van der Waals surface area (Å²) in [6.07, 6.45) is 15.3. The van der Waals surface area contributed by atoms with Gasteiger partial charge in [-0.15, -0.1) is 0 Å². The van der Waals surface area contributed by atoms with Crippen LogP contribution < -0.4 is 37.2 Å². The standard InChI is InChI=1S/2C24H20BO4.6C4H8O.Ba/c2*1-5-13-21(14-6-1)26-25(27-22-15-7-2-8-16-22,28-23-17-9-3-10-18-23)29-24-19-11-4-12-20-24;6*1-2-4-5-3-1;/h2*1-20H;6*1-4H2;/q2*-1;;;;;;;+2. The van der Waals surface area contributed by atoms with Gasteiger partial charge in [0.1, 0.15) is 0 Å². The molecule has 6 heterocycles. The molecule has 0 aliphatic carbocycles. The summed E-state index contributed by atoms with van der Waals surface area (Å²) in [7, 11) is 0. The van der Waals surface area contributed by atoms with E-state index in [0.717, 1.165) is 79.3 Å². The molecule has 17 heteroatoms. The van der Waals surface area contributed by atoms with Crippen molar-refractivity contribution in [3.05, 3.63) is 243 Å². The van der Waals surface area contributed by atoms with Crippen LogP contribution in [0.4, 0.5) is 0 Å². The van der Waals surface area contributed by atoms with Gasteiger partial charge in [-0.3, -0.25) is 0 Å².